The molecule has 2 heterocycles. The van der Waals surface area contributed by atoms with Gasteiger partial charge in [-0.15, -0.1) is 0 Å². The fraction of sp³-hybridized carbons (Fsp3) is 0.286. The highest BCUT2D eigenvalue weighted by molar-refractivity contribution is 5.95. The number of halogens is 3. The SMILES string of the molecule is Cc1[nH]c2ccc(N(CCc3ccccc3)C(N)=O)cc2c1CCN(C)Cc1ncc(C#N)[nH]1.O=C(O)C(F)(F)F. The zero-order chi connectivity index (χ0) is 30.2. The Bertz CT molecular complexity index is 1520. The first-order chi connectivity index (χ1) is 19.4. The Labute approximate surface area is 234 Å². The number of carboxylic acid groups (broad SMARTS) is 1. The summed E-state index contributed by atoms with van der Waals surface area (Å²) in [7, 11) is 2.03. The molecule has 0 aliphatic heterocycles. The van der Waals surface area contributed by atoms with Gasteiger partial charge in [-0.1, -0.05) is 30.3 Å². The van der Waals surface area contributed by atoms with E-state index in [1.807, 2.05) is 37.4 Å². The van der Waals surface area contributed by atoms with Gasteiger partial charge in [0.15, 0.2) is 0 Å². The number of carbonyl (C=O) groups excluding carboxylic acids is 1. The summed E-state index contributed by atoms with van der Waals surface area (Å²) in [6.07, 6.45) is -1.97. The Morgan fingerprint density at radius 1 is 1.10 bits per heavy atom. The normalized spacial score (nSPS) is 11.1. The number of anilines is 1. The third-order valence-electron chi connectivity index (χ3n) is 6.30. The average molecular weight is 570 g/mol. The number of primary amides is 1. The minimum absolute atomic E-state index is 0.459. The molecule has 2 amide bonds. The van der Waals surface area contributed by atoms with E-state index in [0.29, 0.717) is 18.8 Å². The number of likely N-dealkylation sites (N-methyl/N-ethyl adjacent to an activating group) is 1. The molecule has 0 unspecified atom stereocenters. The first-order valence-corrected chi connectivity index (χ1v) is 12.5. The highest BCUT2D eigenvalue weighted by Crippen LogP contribution is 2.28. The molecule has 13 heteroatoms. The monoisotopic (exact) mass is 569 g/mol. The number of carbonyl (C=O) groups is 2. The van der Waals surface area contributed by atoms with Crippen LogP contribution in [0.4, 0.5) is 23.7 Å². The Balaban J connectivity index is 0.000000587. The van der Waals surface area contributed by atoms with E-state index >= 15 is 0 Å². The van der Waals surface area contributed by atoms with Gasteiger partial charge in [-0.25, -0.2) is 14.6 Å². The van der Waals surface area contributed by atoms with E-state index in [-0.39, 0.29) is 0 Å². The number of aliphatic carboxylic acids is 1. The zero-order valence-corrected chi connectivity index (χ0v) is 22.5. The maximum absolute atomic E-state index is 12.3. The predicted octanol–water partition coefficient (Wildman–Crippen LogP) is 4.51. The van der Waals surface area contributed by atoms with Crippen molar-refractivity contribution in [1.29, 1.82) is 5.26 Å². The van der Waals surface area contributed by atoms with Crippen molar-refractivity contribution in [3.8, 4) is 6.07 Å². The summed E-state index contributed by atoms with van der Waals surface area (Å²) in [5.41, 5.74) is 11.5. The smallest absolute Gasteiger partial charge is 0.475 e. The van der Waals surface area contributed by atoms with E-state index in [1.165, 1.54) is 5.56 Å². The summed E-state index contributed by atoms with van der Waals surface area (Å²) in [6.45, 7) is 4.03. The lowest BCUT2D eigenvalue weighted by molar-refractivity contribution is -0.192. The highest BCUT2D eigenvalue weighted by Gasteiger charge is 2.38. The molecule has 0 saturated heterocycles. The molecular weight excluding hydrogens is 539 g/mol. The molecule has 4 aromatic rings. The molecular formula is C28H30F3N7O3. The van der Waals surface area contributed by atoms with Crippen LogP contribution in [0, 0.1) is 18.3 Å². The van der Waals surface area contributed by atoms with E-state index < -0.39 is 18.2 Å². The van der Waals surface area contributed by atoms with Gasteiger partial charge in [0.25, 0.3) is 0 Å². The van der Waals surface area contributed by atoms with Crippen molar-refractivity contribution in [3.05, 3.63) is 83.1 Å². The van der Waals surface area contributed by atoms with Crippen LogP contribution in [0.5, 0.6) is 0 Å². The molecule has 216 valence electrons. The number of benzene rings is 2. The number of amides is 2. The number of nitrogens with zero attached hydrogens (tertiary/aromatic N) is 4. The number of imidazole rings is 1. The van der Waals surface area contributed by atoms with E-state index in [2.05, 4.69) is 51.0 Å². The van der Waals surface area contributed by atoms with Crippen molar-refractivity contribution in [2.45, 2.75) is 32.5 Å². The maximum atomic E-state index is 12.3. The number of aromatic nitrogens is 3. The lowest BCUT2D eigenvalue weighted by Gasteiger charge is -2.21. The molecule has 0 fully saturated rings. The molecule has 0 bridgehead atoms. The van der Waals surface area contributed by atoms with Gasteiger partial charge in [-0.05, 0) is 56.1 Å². The standard InChI is InChI=1S/C26H29N7O.C2HF3O2/c1-18-22(11-12-32(2)17-25-29-16-20(15-27)31-25)23-14-21(8-9-24(23)30-18)33(26(28)34)13-10-19-6-4-3-5-7-19;3-2(4,5)1(6)7/h3-9,14,16,30H,10-13,17H2,1-2H3,(H2,28,34)(H,29,31);(H,6,7). The van der Waals surface area contributed by atoms with Crippen LogP contribution in [0.1, 0.15) is 28.3 Å². The summed E-state index contributed by atoms with van der Waals surface area (Å²) < 4.78 is 31.7. The van der Waals surface area contributed by atoms with Crippen molar-refractivity contribution in [1.82, 2.24) is 19.9 Å². The van der Waals surface area contributed by atoms with Crippen LogP contribution in [-0.4, -0.2) is 63.3 Å². The number of hydrogen-bond acceptors (Lipinski definition) is 5. The van der Waals surface area contributed by atoms with Crippen LogP contribution in [0.15, 0.2) is 54.7 Å². The molecule has 2 aromatic heterocycles. The third-order valence-corrected chi connectivity index (χ3v) is 6.30. The number of urea groups is 1. The number of aromatic amines is 2. The summed E-state index contributed by atoms with van der Waals surface area (Å²) in [5, 5.41) is 17.2. The van der Waals surface area contributed by atoms with Crippen LogP contribution in [0.3, 0.4) is 0 Å². The molecule has 2 aromatic carbocycles. The van der Waals surface area contributed by atoms with Crippen molar-refractivity contribution < 1.29 is 27.9 Å². The number of fused-ring (bicyclic) bond motifs is 1. The quantitative estimate of drug-likeness (QED) is 0.233. The summed E-state index contributed by atoms with van der Waals surface area (Å²) >= 11 is 0. The van der Waals surface area contributed by atoms with E-state index in [9.17, 15) is 18.0 Å². The molecule has 4 rings (SSSR count). The average Bonchev–Trinajstić information content (AvgIpc) is 3.50. The number of hydrogen-bond donors (Lipinski definition) is 4. The maximum Gasteiger partial charge on any atom is 0.490 e. The van der Waals surface area contributed by atoms with Gasteiger partial charge in [0, 0.05) is 35.4 Å². The van der Waals surface area contributed by atoms with Crippen molar-refractivity contribution in [2.75, 3.05) is 25.0 Å². The van der Waals surface area contributed by atoms with Crippen molar-refractivity contribution in [3.63, 3.8) is 0 Å². The Hall–Kier alpha value is -4.83. The number of aryl methyl sites for hydroxylation is 1. The fourth-order valence-electron chi connectivity index (χ4n) is 4.25. The molecule has 41 heavy (non-hydrogen) atoms. The van der Waals surface area contributed by atoms with Crippen LogP contribution in [-0.2, 0) is 24.2 Å². The summed E-state index contributed by atoms with van der Waals surface area (Å²) in [4.78, 5) is 35.7. The molecule has 0 atom stereocenters. The number of H-pyrrole nitrogens is 2. The Morgan fingerprint density at radius 3 is 2.37 bits per heavy atom. The van der Waals surface area contributed by atoms with Gasteiger partial charge >= 0.3 is 18.2 Å². The van der Waals surface area contributed by atoms with Gasteiger partial charge in [0.1, 0.15) is 17.6 Å². The third kappa shape index (κ3) is 8.58. The van der Waals surface area contributed by atoms with Crippen LogP contribution < -0.4 is 10.6 Å². The summed E-state index contributed by atoms with van der Waals surface area (Å²) in [6, 6.07) is 17.7. The minimum atomic E-state index is -5.08. The minimum Gasteiger partial charge on any atom is -0.475 e. The van der Waals surface area contributed by atoms with E-state index in [4.69, 9.17) is 20.9 Å². The molecule has 0 radical (unpaired) electrons. The molecule has 0 aliphatic rings. The topological polar surface area (TPSA) is 155 Å². The molecule has 0 saturated carbocycles. The van der Waals surface area contributed by atoms with Crippen molar-refractivity contribution in [2.24, 2.45) is 5.73 Å². The van der Waals surface area contributed by atoms with Gasteiger partial charge < -0.3 is 20.8 Å². The number of nitriles is 1. The second-order valence-electron chi connectivity index (χ2n) is 9.33. The van der Waals surface area contributed by atoms with Crippen LogP contribution in [0.2, 0.25) is 0 Å². The molecule has 0 aliphatic carbocycles. The van der Waals surface area contributed by atoms with Gasteiger partial charge in [0.2, 0.25) is 0 Å². The second-order valence-corrected chi connectivity index (χ2v) is 9.33. The number of rotatable bonds is 9. The lowest BCUT2D eigenvalue weighted by Crippen LogP contribution is -2.37. The number of carboxylic acids is 1. The Kier molecular flexibility index (Phi) is 10.1. The van der Waals surface area contributed by atoms with Gasteiger partial charge in [0.05, 0.1) is 12.7 Å². The van der Waals surface area contributed by atoms with E-state index in [0.717, 1.165) is 53.1 Å². The zero-order valence-electron chi connectivity index (χ0n) is 22.5. The molecule has 5 N–H and O–H groups in total. The Morgan fingerprint density at radius 2 is 1.78 bits per heavy atom. The van der Waals surface area contributed by atoms with E-state index in [1.54, 1.807) is 11.1 Å². The second kappa shape index (κ2) is 13.5. The number of nitrogens with two attached hydrogens (primary N) is 1. The first-order valence-electron chi connectivity index (χ1n) is 12.5. The molecule has 10 nitrogen and oxygen atoms in total. The number of nitrogens with one attached hydrogen (secondary N) is 2. The van der Waals surface area contributed by atoms with Gasteiger partial charge in [-0.3, -0.25) is 9.80 Å². The first kappa shape index (κ1) is 30.7. The molecule has 0 spiro atoms. The fourth-order valence-corrected chi connectivity index (χ4v) is 4.25. The van der Waals surface area contributed by atoms with Crippen LogP contribution in [0.25, 0.3) is 10.9 Å². The summed E-state index contributed by atoms with van der Waals surface area (Å²) in [5.74, 6) is -1.99. The van der Waals surface area contributed by atoms with Gasteiger partial charge in [-0.2, -0.15) is 18.4 Å². The van der Waals surface area contributed by atoms with Crippen LogP contribution >= 0.6 is 0 Å². The highest BCUT2D eigenvalue weighted by atomic mass is 19.4. The number of alkyl halides is 3. The van der Waals surface area contributed by atoms with Crippen molar-refractivity contribution >= 4 is 28.6 Å². The lowest BCUT2D eigenvalue weighted by atomic mass is 10.1. The predicted molar refractivity (Wildman–Crippen MR) is 147 cm³/mol. The largest absolute Gasteiger partial charge is 0.490 e.